The molecule has 0 aliphatic rings. The molecule has 0 saturated heterocycles. The monoisotopic (exact) mass is 341 g/mol. The Morgan fingerprint density at radius 2 is 1.53 bits per heavy atom. The van der Waals surface area contributed by atoms with Gasteiger partial charge in [0.2, 0.25) is 0 Å². The minimum Gasteiger partial charge on any atom is -0.428 e. The number of aliphatic hydroxyl groups is 2. The Bertz CT molecular complexity index is 342. The quantitative estimate of drug-likeness (QED) is 0.289. The fourth-order valence-electron chi connectivity index (χ4n) is 0.870. The summed E-state index contributed by atoms with van der Waals surface area (Å²) >= 11 is 4.67. The van der Waals surface area contributed by atoms with Crippen molar-refractivity contribution in [3.05, 3.63) is 29.0 Å². The molecule has 106 valence electrons. The van der Waals surface area contributed by atoms with Crippen molar-refractivity contribution in [3.8, 4) is 0 Å². The van der Waals surface area contributed by atoms with E-state index in [1.807, 2.05) is 0 Å². The van der Waals surface area contributed by atoms with Crippen LogP contribution in [0.2, 0.25) is 0 Å². The number of nitrogens with zero attached hydrogens (tertiary/aromatic N) is 1. The molecule has 0 radical (unpaired) electrons. The van der Waals surface area contributed by atoms with Gasteiger partial charge in [-0.15, -0.1) is 0 Å². The van der Waals surface area contributed by atoms with Gasteiger partial charge in [-0.2, -0.15) is 4.73 Å². The van der Waals surface area contributed by atoms with Crippen LogP contribution in [-0.4, -0.2) is 59.8 Å². The van der Waals surface area contributed by atoms with Crippen molar-refractivity contribution < 1.29 is 44.4 Å². The molecule has 0 amide bonds. The number of pyridine rings is 1. The second-order valence-electron chi connectivity index (χ2n) is 3.06. The molecule has 0 spiro atoms. The van der Waals surface area contributed by atoms with Crippen LogP contribution in [0.4, 0.5) is 0 Å². The van der Waals surface area contributed by atoms with Gasteiger partial charge in [0.1, 0.15) is 4.64 Å². The van der Waals surface area contributed by atoms with Crippen molar-refractivity contribution in [1.82, 2.24) is 4.73 Å². The van der Waals surface area contributed by atoms with Gasteiger partial charge in [-0.25, -0.2) is 0 Å². The first-order valence-corrected chi connectivity index (χ1v) is 5.87. The van der Waals surface area contributed by atoms with Gasteiger partial charge in [0.25, 0.3) is 0 Å². The number of aromatic nitrogens is 1. The third-order valence-electron chi connectivity index (χ3n) is 1.65. The van der Waals surface area contributed by atoms with Crippen LogP contribution in [0.15, 0.2) is 24.4 Å². The first-order valence-electron chi connectivity index (χ1n) is 5.46. The maximum absolute atomic E-state index is 8.73. The number of hydrogen-bond donors (Lipinski definition) is 3. The number of ether oxygens (including phenoxy) is 2. The van der Waals surface area contributed by atoms with E-state index in [9.17, 15) is 0 Å². The predicted molar refractivity (Wildman–Crippen MR) is 68.3 cm³/mol. The van der Waals surface area contributed by atoms with Gasteiger partial charge in [-0.05, 0) is 12.1 Å². The van der Waals surface area contributed by atoms with Crippen molar-refractivity contribution in [1.29, 1.82) is 0 Å². The maximum atomic E-state index is 8.73. The molecule has 0 aliphatic carbocycles. The van der Waals surface area contributed by atoms with E-state index in [4.69, 9.17) is 24.9 Å². The Labute approximate surface area is 130 Å². The third-order valence-corrected chi connectivity index (χ3v) is 1.97. The molecule has 19 heavy (non-hydrogen) atoms. The van der Waals surface area contributed by atoms with Gasteiger partial charge in [0, 0.05) is 25.7 Å². The molecule has 0 unspecified atom stereocenters. The molecule has 0 saturated carbocycles. The van der Waals surface area contributed by atoms with Gasteiger partial charge >= 0.3 is 0 Å². The molecular formula is C11H19NO5SZn. The molecule has 0 bridgehead atoms. The standard InChI is InChI=1S/C6H14O4.C5H5NOS.Zn/c7-1-3-9-5-6-10-4-2-8;7-6-4-2-1-3-5(6)8;/h7-8H,1-6H2;1-4,7H;. The third kappa shape index (κ3) is 13.9. The molecular weight excluding hydrogens is 324 g/mol. The average molecular weight is 343 g/mol. The summed E-state index contributed by atoms with van der Waals surface area (Å²) in [5.41, 5.74) is 0. The molecule has 1 aromatic heterocycles. The Morgan fingerprint density at radius 1 is 1.00 bits per heavy atom. The van der Waals surface area contributed by atoms with Crippen molar-refractivity contribution in [2.24, 2.45) is 0 Å². The Balaban J connectivity index is 0. The fraction of sp³-hybridized carbons (Fsp3) is 0.545. The van der Waals surface area contributed by atoms with E-state index in [0.29, 0.717) is 31.1 Å². The van der Waals surface area contributed by atoms with Crippen LogP contribution in [0.3, 0.4) is 0 Å². The number of aliphatic hydroxyl groups excluding tert-OH is 2. The molecule has 0 atom stereocenters. The summed E-state index contributed by atoms with van der Waals surface area (Å²) in [5.74, 6) is 0. The summed E-state index contributed by atoms with van der Waals surface area (Å²) in [5, 5.41) is 25.3. The van der Waals surface area contributed by atoms with E-state index in [1.54, 1.807) is 18.2 Å². The first-order chi connectivity index (χ1) is 8.72. The topological polar surface area (TPSA) is 84.1 Å². The van der Waals surface area contributed by atoms with Crippen molar-refractivity contribution >= 4 is 12.2 Å². The van der Waals surface area contributed by atoms with E-state index in [2.05, 4.69) is 12.2 Å². The van der Waals surface area contributed by atoms with Crippen LogP contribution < -0.4 is 0 Å². The summed E-state index contributed by atoms with van der Waals surface area (Å²) in [4.78, 5) is 0. The molecule has 3 N–H and O–H groups in total. The summed E-state index contributed by atoms with van der Waals surface area (Å²) in [6.07, 6.45) is 1.49. The van der Waals surface area contributed by atoms with Gasteiger partial charge < -0.3 is 24.9 Å². The fourth-order valence-corrected chi connectivity index (χ4v) is 1.01. The Kier molecular flexibility index (Phi) is 17.3. The zero-order valence-corrected chi connectivity index (χ0v) is 14.6. The van der Waals surface area contributed by atoms with E-state index in [-0.39, 0.29) is 32.7 Å². The Morgan fingerprint density at radius 3 is 1.84 bits per heavy atom. The van der Waals surface area contributed by atoms with E-state index in [0.717, 1.165) is 4.73 Å². The van der Waals surface area contributed by atoms with Crippen LogP contribution in [0.1, 0.15) is 0 Å². The summed E-state index contributed by atoms with van der Waals surface area (Å²) < 4.78 is 11.1. The van der Waals surface area contributed by atoms with E-state index < -0.39 is 0 Å². The molecule has 1 aromatic rings. The Hall–Kier alpha value is -0.367. The average Bonchev–Trinajstić information content (AvgIpc) is 2.38. The molecule has 8 heteroatoms. The van der Waals surface area contributed by atoms with Gasteiger partial charge in [0.05, 0.1) is 39.6 Å². The molecule has 1 heterocycles. The van der Waals surface area contributed by atoms with Crippen molar-refractivity contribution in [3.63, 3.8) is 0 Å². The van der Waals surface area contributed by atoms with Gasteiger partial charge in [0.15, 0.2) is 0 Å². The molecule has 0 aliphatic heterocycles. The second kappa shape index (κ2) is 15.7. The van der Waals surface area contributed by atoms with E-state index in [1.165, 1.54) is 6.20 Å². The van der Waals surface area contributed by atoms with Crippen LogP contribution in [0, 0.1) is 4.64 Å². The van der Waals surface area contributed by atoms with Crippen LogP contribution in [0.25, 0.3) is 0 Å². The zero-order chi connectivity index (χ0) is 13.6. The normalized spacial score (nSPS) is 9.16. The van der Waals surface area contributed by atoms with Gasteiger partial charge in [-0.3, -0.25) is 0 Å². The summed E-state index contributed by atoms with van der Waals surface area (Å²) in [6, 6.07) is 5.13. The maximum Gasteiger partial charge on any atom is 0.142 e. The molecule has 0 fully saturated rings. The minimum atomic E-state index is 0. The zero-order valence-electron chi connectivity index (χ0n) is 10.8. The largest absolute Gasteiger partial charge is 0.428 e. The number of rotatable bonds is 7. The van der Waals surface area contributed by atoms with Crippen LogP contribution in [-0.2, 0) is 29.0 Å². The van der Waals surface area contributed by atoms with Crippen molar-refractivity contribution in [2.75, 3.05) is 39.6 Å². The number of hydrogen-bond acceptors (Lipinski definition) is 6. The molecule has 0 aromatic carbocycles. The summed E-state index contributed by atoms with van der Waals surface area (Å²) in [6.45, 7) is 1.73. The smallest absolute Gasteiger partial charge is 0.142 e. The van der Waals surface area contributed by atoms with E-state index >= 15 is 0 Å². The first kappa shape index (κ1) is 20.9. The minimum absolute atomic E-state index is 0. The second-order valence-corrected chi connectivity index (χ2v) is 3.47. The van der Waals surface area contributed by atoms with Gasteiger partial charge in [-0.1, -0.05) is 18.3 Å². The summed E-state index contributed by atoms with van der Waals surface area (Å²) in [7, 11) is 0. The van der Waals surface area contributed by atoms with Crippen molar-refractivity contribution in [2.45, 2.75) is 0 Å². The molecule has 6 nitrogen and oxygen atoms in total. The predicted octanol–water partition coefficient (Wildman–Crippen LogP) is 0.457. The van der Waals surface area contributed by atoms with Crippen LogP contribution in [0.5, 0.6) is 0 Å². The SMILES string of the molecule is OCCOCCOCCO.On1ccccc1=S.[Zn]. The van der Waals surface area contributed by atoms with Crippen LogP contribution >= 0.6 is 12.2 Å². The molecule has 1 rings (SSSR count).